The smallest absolute Gasteiger partial charge is 0.0825 e. The third-order valence-corrected chi connectivity index (χ3v) is 5.47. The van der Waals surface area contributed by atoms with E-state index in [4.69, 9.17) is 0 Å². The van der Waals surface area contributed by atoms with E-state index < -0.39 is 5.60 Å². The van der Waals surface area contributed by atoms with Gasteiger partial charge in [-0.3, -0.25) is 4.68 Å². The van der Waals surface area contributed by atoms with E-state index >= 15 is 0 Å². The molecule has 0 saturated heterocycles. The molecule has 0 unspecified atom stereocenters. The Morgan fingerprint density at radius 2 is 1.73 bits per heavy atom. The first-order chi connectivity index (χ1) is 12.6. The Labute approximate surface area is 155 Å². The van der Waals surface area contributed by atoms with Gasteiger partial charge in [0.15, 0.2) is 0 Å². The number of hydrogen-bond donors (Lipinski definition) is 1. The number of aryl methyl sites for hydroxylation is 1. The van der Waals surface area contributed by atoms with Crippen LogP contribution < -0.4 is 0 Å². The zero-order valence-corrected chi connectivity index (χ0v) is 15.4. The molecule has 2 heterocycles. The van der Waals surface area contributed by atoms with Crippen LogP contribution >= 0.6 is 0 Å². The van der Waals surface area contributed by atoms with Crippen molar-refractivity contribution in [1.29, 1.82) is 0 Å². The summed E-state index contributed by atoms with van der Waals surface area (Å²) >= 11 is 0. The summed E-state index contributed by atoms with van der Waals surface area (Å²) in [6, 6.07) is 10.9. The lowest BCUT2D eigenvalue weighted by Gasteiger charge is -2.32. The van der Waals surface area contributed by atoms with Gasteiger partial charge in [0.05, 0.1) is 18.3 Å². The van der Waals surface area contributed by atoms with Gasteiger partial charge in [0.25, 0.3) is 0 Å². The van der Waals surface area contributed by atoms with Crippen LogP contribution in [0.2, 0.25) is 0 Å². The molecule has 1 fully saturated rings. The second-order valence-corrected chi connectivity index (χ2v) is 7.75. The molecule has 0 bridgehead atoms. The summed E-state index contributed by atoms with van der Waals surface area (Å²) in [6.07, 6.45) is 14.5. The predicted octanol–water partition coefficient (Wildman–Crippen LogP) is 4.17. The van der Waals surface area contributed by atoms with Gasteiger partial charge in [-0.1, -0.05) is 43.5 Å². The fraction of sp³-hybridized carbons (Fsp3) is 0.409. The van der Waals surface area contributed by atoms with Crippen molar-refractivity contribution in [3.63, 3.8) is 0 Å². The minimum atomic E-state index is -0.514. The zero-order chi connectivity index (χ0) is 18.0. The van der Waals surface area contributed by atoms with Gasteiger partial charge < -0.3 is 9.67 Å². The Bertz CT molecular complexity index is 854. The SMILES string of the molecule is Cn1cc(-c2ccc(Cc3ccn(CC4(O)CCCCC4)c3)cc2)cn1. The standard InChI is InChI=1S/C22H27N3O/c1-24-16-21(14-23-24)20-7-5-18(6-8-20)13-19-9-12-25(15-19)17-22(26)10-3-2-4-11-22/h5-9,12,14-16,26H,2-4,10-11,13,17H2,1H3. The molecule has 0 spiro atoms. The highest BCUT2D eigenvalue weighted by Gasteiger charge is 2.29. The Balaban J connectivity index is 1.41. The van der Waals surface area contributed by atoms with Gasteiger partial charge in [0.2, 0.25) is 0 Å². The largest absolute Gasteiger partial charge is 0.388 e. The van der Waals surface area contributed by atoms with Crippen LogP contribution in [-0.4, -0.2) is 25.1 Å². The second kappa shape index (κ2) is 7.12. The van der Waals surface area contributed by atoms with E-state index in [0.29, 0.717) is 6.54 Å². The lowest BCUT2D eigenvalue weighted by Crippen LogP contribution is -2.35. The topological polar surface area (TPSA) is 43.0 Å². The molecule has 1 aliphatic carbocycles. The lowest BCUT2D eigenvalue weighted by molar-refractivity contribution is -0.0114. The van der Waals surface area contributed by atoms with E-state index in [0.717, 1.165) is 37.7 Å². The Morgan fingerprint density at radius 1 is 0.962 bits per heavy atom. The maximum absolute atomic E-state index is 10.7. The molecule has 26 heavy (non-hydrogen) atoms. The Morgan fingerprint density at radius 3 is 2.42 bits per heavy atom. The van der Waals surface area contributed by atoms with Crippen LogP contribution in [0.5, 0.6) is 0 Å². The van der Waals surface area contributed by atoms with E-state index in [9.17, 15) is 5.11 Å². The first kappa shape index (κ1) is 17.1. The molecule has 0 atom stereocenters. The van der Waals surface area contributed by atoms with Crippen LogP contribution in [0.4, 0.5) is 0 Å². The van der Waals surface area contributed by atoms with Gasteiger partial charge in [-0.15, -0.1) is 0 Å². The zero-order valence-electron chi connectivity index (χ0n) is 15.4. The van der Waals surface area contributed by atoms with Crippen LogP contribution in [0.3, 0.4) is 0 Å². The van der Waals surface area contributed by atoms with Crippen molar-refractivity contribution < 1.29 is 5.11 Å². The van der Waals surface area contributed by atoms with Crippen molar-refractivity contribution in [2.24, 2.45) is 7.05 Å². The number of aliphatic hydroxyl groups is 1. The van der Waals surface area contributed by atoms with Crippen LogP contribution in [0.15, 0.2) is 55.1 Å². The molecule has 3 aromatic rings. The van der Waals surface area contributed by atoms with E-state index in [2.05, 4.69) is 52.4 Å². The average Bonchev–Trinajstić information content (AvgIpc) is 3.25. The number of nitrogens with zero attached hydrogens (tertiary/aromatic N) is 3. The third kappa shape index (κ3) is 3.91. The molecule has 4 nitrogen and oxygen atoms in total. The van der Waals surface area contributed by atoms with Gasteiger partial charge >= 0.3 is 0 Å². The van der Waals surface area contributed by atoms with Crippen molar-refractivity contribution in [3.8, 4) is 11.1 Å². The Kier molecular flexibility index (Phi) is 4.68. The molecule has 0 radical (unpaired) electrons. The van der Waals surface area contributed by atoms with Crippen molar-refractivity contribution in [2.45, 2.75) is 50.7 Å². The highest BCUT2D eigenvalue weighted by molar-refractivity contribution is 5.62. The molecule has 2 aromatic heterocycles. The predicted molar refractivity (Wildman–Crippen MR) is 104 cm³/mol. The van der Waals surface area contributed by atoms with Gasteiger partial charge in [0, 0.05) is 31.2 Å². The fourth-order valence-corrected chi connectivity index (χ4v) is 4.02. The van der Waals surface area contributed by atoms with E-state index in [1.54, 1.807) is 0 Å². The van der Waals surface area contributed by atoms with Gasteiger partial charge in [0.1, 0.15) is 0 Å². The number of benzene rings is 1. The van der Waals surface area contributed by atoms with Gasteiger partial charge in [-0.25, -0.2) is 0 Å². The number of aromatic nitrogens is 3. The average molecular weight is 349 g/mol. The third-order valence-electron chi connectivity index (χ3n) is 5.47. The quantitative estimate of drug-likeness (QED) is 0.751. The number of rotatable bonds is 5. The lowest BCUT2D eigenvalue weighted by atomic mass is 9.85. The van der Waals surface area contributed by atoms with Crippen molar-refractivity contribution in [3.05, 3.63) is 66.2 Å². The monoisotopic (exact) mass is 349 g/mol. The molecular weight excluding hydrogens is 322 g/mol. The highest BCUT2D eigenvalue weighted by Crippen LogP contribution is 2.29. The summed E-state index contributed by atoms with van der Waals surface area (Å²) < 4.78 is 3.98. The maximum atomic E-state index is 10.7. The van der Waals surface area contributed by atoms with E-state index in [1.165, 1.54) is 23.1 Å². The molecule has 1 aromatic carbocycles. The van der Waals surface area contributed by atoms with E-state index in [1.807, 2.05) is 24.1 Å². The summed E-state index contributed by atoms with van der Waals surface area (Å²) in [5.41, 5.74) is 4.41. The first-order valence-electron chi connectivity index (χ1n) is 9.55. The highest BCUT2D eigenvalue weighted by atomic mass is 16.3. The fourth-order valence-electron chi connectivity index (χ4n) is 4.02. The van der Waals surface area contributed by atoms with Crippen LogP contribution in [0.25, 0.3) is 11.1 Å². The normalized spacial score (nSPS) is 16.7. The molecule has 4 rings (SSSR count). The van der Waals surface area contributed by atoms with Crippen LogP contribution in [0.1, 0.15) is 43.2 Å². The molecule has 1 N–H and O–H groups in total. The molecule has 136 valence electrons. The maximum Gasteiger partial charge on any atom is 0.0825 e. The van der Waals surface area contributed by atoms with Gasteiger partial charge in [-0.2, -0.15) is 5.10 Å². The summed E-state index contributed by atoms with van der Waals surface area (Å²) in [5, 5.41) is 15.0. The van der Waals surface area contributed by atoms with E-state index in [-0.39, 0.29) is 0 Å². The summed E-state index contributed by atoms with van der Waals surface area (Å²) in [4.78, 5) is 0. The molecule has 1 aliphatic rings. The molecule has 4 heteroatoms. The van der Waals surface area contributed by atoms with Crippen molar-refractivity contribution >= 4 is 0 Å². The summed E-state index contributed by atoms with van der Waals surface area (Å²) in [7, 11) is 1.94. The van der Waals surface area contributed by atoms with Crippen LogP contribution in [0, 0.1) is 0 Å². The molecular formula is C22H27N3O. The van der Waals surface area contributed by atoms with Crippen molar-refractivity contribution in [1.82, 2.24) is 14.3 Å². The minimum Gasteiger partial charge on any atom is -0.388 e. The number of hydrogen-bond acceptors (Lipinski definition) is 2. The molecule has 0 amide bonds. The summed E-state index contributed by atoms with van der Waals surface area (Å²) in [6.45, 7) is 0.715. The van der Waals surface area contributed by atoms with Crippen LogP contribution in [-0.2, 0) is 20.0 Å². The second-order valence-electron chi connectivity index (χ2n) is 7.75. The first-order valence-corrected chi connectivity index (χ1v) is 9.55. The molecule has 1 saturated carbocycles. The minimum absolute atomic E-state index is 0.514. The van der Waals surface area contributed by atoms with Crippen molar-refractivity contribution in [2.75, 3.05) is 0 Å². The Hall–Kier alpha value is -2.33. The van der Waals surface area contributed by atoms with Gasteiger partial charge in [-0.05, 0) is 42.0 Å². The summed E-state index contributed by atoms with van der Waals surface area (Å²) in [5.74, 6) is 0. The molecule has 0 aliphatic heterocycles.